The molecule has 0 saturated carbocycles. The van der Waals surface area contributed by atoms with Crippen molar-refractivity contribution in [3.8, 4) is 0 Å². The van der Waals surface area contributed by atoms with Crippen molar-refractivity contribution in [2.45, 2.75) is 25.9 Å². The topological polar surface area (TPSA) is 55.9 Å². The van der Waals surface area contributed by atoms with Crippen LogP contribution >= 0.6 is 15.9 Å². The molecule has 2 rings (SSSR count). The smallest absolute Gasteiger partial charge is 0.103 e. The van der Waals surface area contributed by atoms with Crippen molar-refractivity contribution in [2.75, 3.05) is 0 Å². The zero-order chi connectivity index (χ0) is 13.3. The van der Waals surface area contributed by atoms with Crippen LogP contribution in [0.4, 0.5) is 0 Å². The van der Waals surface area contributed by atoms with E-state index in [0.29, 0.717) is 12.1 Å². The van der Waals surface area contributed by atoms with E-state index in [1.54, 1.807) is 4.68 Å². The Morgan fingerprint density at radius 1 is 1.39 bits per heavy atom. The van der Waals surface area contributed by atoms with E-state index in [1.807, 2.05) is 31.0 Å². The SMILES string of the molecule is CCc1nn(C)c(CC(O)c2ccn(C)n2)c1Br. The molecule has 0 aromatic carbocycles. The van der Waals surface area contributed by atoms with Crippen molar-refractivity contribution in [3.05, 3.63) is 33.8 Å². The van der Waals surface area contributed by atoms with Crippen molar-refractivity contribution in [2.24, 2.45) is 14.1 Å². The molecule has 0 spiro atoms. The molecule has 2 aromatic rings. The van der Waals surface area contributed by atoms with Crippen LogP contribution in [-0.4, -0.2) is 24.7 Å². The third-order valence-corrected chi connectivity index (χ3v) is 3.88. The quantitative estimate of drug-likeness (QED) is 0.936. The lowest BCUT2D eigenvalue weighted by molar-refractivity contribution is 0.170. The van der Waals surface area contributed by atoms with Gasteiger partial charge in [0.25, 0.3) is 0 Å². The summed E-state index contributed by atoms with van der Waals surface area (Å²) in [5.41, 5.74) is 2.69. The standard InChI is InChI=1S/C12H17BrN4O/c1-4-8-12(13)10(17(3)15-8)7-11(18)9-5-6-16(2)14-9/h5-6,11,18H,4,7H2,1-3H3. The summed E-state index contributed by atoms with van der Waals surface area (Å²) >= 11 is 3.55. The first-order chi connectivity index (χ1) is 8.52. The Bertz CT molecular complexity index is 546. The minimum absolute atomic E-state index is 0.501. The van der Waals surface area contributed by atoms with Gasteiger partial charge in [-0.3, -0.25) is 9.36 Å². The van der Waals surface area contributed by atoms with E-state index in [9.17, 15) is 5.11 Å². The second-order valence-corrected chi connectivity index (χ2v) is 5.11. The van der Waals surface area contributed by atoms with Gasteiger partial charge in [-0.15, -0.1) is 0 Å². The van der Waals surface area contributed by atoms with Crippen LogP contribution in [0.25, 0.3) is 0 Å². The maximum atomic E-state index is 10.2. The lowest BCUT2D eigenvalue weighted by Crippen LogP contribution is -2.08. The minimum atomic E-state index is -0.609. The van der Waals surface area contributed by atoms with E-state index >= 15 is 0 Å². The van der Waals surface area contributed by atoms with Crippen LogP contribution in [0.15, 0.2) is 16.7 Å². The van der Waals surface area contributed by atoms with Gasteiger partial charge in [0.1, 0.15) is 6.10 Å². The molecule has 0 aliphatic carbocycles. The van der Waals surface area contributed by atoms with Gasteiger partial charge in [0.2, 0.25) is 0 Å². The third kappa shape index (κ3) is 2.49. The molecule has 2 heterocycles. The van der Waals surface area contributed by atoms with E-state index in [2.05, 4.69) is 33.1 Å². The molecular weight excluding hydrogens is 296 g/mol. The second kappa shape index (κ2) is 5.24. The van der Waals surface area contributed by atoms with E-state index in [0.717, 1.165) is 22.3 Å². The molecule has 0 aliphatic heterocycles. The molecule has 6 heteroatoms. The van der Waals surface area contributed by atoms with E-state index in [1.165, 1.54) is 0 Å². The highest BCUT2D eigenvalue weighted by atomic mass is 79.9. The van der Waals surface area contributed by atoms with Gasteiger partial charge in [0, 0.05) is 26.7 Å². The van der Waals surface area contributed by atoms with E-state index < -0.39 is 6.10 Å². The average molecular weight is 313 g/mol. The highest BCUT2D eigenvalue weighted by Crippen LogP contribution is 2.26. The minimum Gasteiger partial charge on any atom is -0.386 e. The van der Waals surface area contributed by atoms with E-state index in [-0.39, 0.29) is 0 Å². The second-order valence-electron chi connectivity index (χ2n) is 4.32. The Balaban J connectivity index is 2.21. The molecule has 5 nitrogen and oxygen atoms in total. The first kappa shape index (κ1) is 13.3. The van der Waals surface area contributed by atoms with Crippen LogP contribution in [0.5, 0.6) is 0 Å². The van der Waals surface area contributed by atoms with Crippen LogP contribution in [0, 0.1) is 0 Å². The zero-order valence-corrected chi connectivity index (χ0v) is 12.3. The van der Waals surface area contributed by atoms with Gasteiger partial charge in [-0.05, 0) is 28.4 Å². The summed E-state index contributed by atoms with van der Waals surface area (Å²) in [6.45, 7) is 2.06. The average Bonchev–Trinajstić information content (AvgIpc) is 2.87. The number of rotatable bonds is 4. The third-order valence-electron chi connectivity index (χ3n) is 2.97. The maximum absolute atomic E-state index is 10.2. The summed E-state index contributed by atoms with van der Waals surface area (Å²) in [6, 6.07) is 1.83. The fourth-order valence-electron chi connectivity index (χ4n) is 1.94. The van der Waals surface area contributed by atoms with Gasteiger partial charge in [0.05, 0.1) is 21.6 Å². The Morgan fingerprint density at radius 2 is 2.11 bits per heavy atom. The fraction of sp³-hybridized carbons (Fsp3) is 0.500. The molecule has 98 valence electrons. The first-order valence-electron chi connectivity index (χ1n) is 5.90. The highest BCUT2D eigenvalue weighted by molar-refractivity contribution is 9.10. The molecule has 0 amide bonds. The first-order valence-corrected chi connectivity index (χ1v) is 6.70. The molecule has 0 bridgehead atoms. The van der Waals surface area contributed by atoms with Crippen LogP contribution < -0.4 is 0 Å². The molecule has 1 unspecified atom stereocenters. The number of halogens is 1. The van der Waals surface area contributed by atoms with E-state index in [4.69, 9.17) is 0 Å². The van der Waals surface area contributed by atoms with Crippen LogP contribution in [0.2, 0.25) is 0 Å². The molecule has 0 radical (unpaired) electrons. The van der Waals surface area contributed by atoms with Crippen molar-refractivity contribution in [1.82, 2.24) is 19.6 Å². The molecule has 2 aromatic heterocycles. The number of aromatic nitrogens is 4. The van der Waals surface area contributed by atoms with Gasteiger partial charge < -0.3 is 5.11 Å². The van der Waals surface area contributed by atoms with Crippen molar-refractivity contribution >= 4 is 15.9 Å². The largest absolute Gasteiger partial charge is 0.386 e. The number of aliphatic hydroxyl groups is 1. The van der Waals surface area contributed by atoms with Crippen molar-refractivity contribution < 1.29 is 5.11 Å². The van der Waals surface area contributed by atoms with Crippen LogP contribution in [-0.2, 0) is 26.9 Å². The van der Waals surface area contributed by atoms with Gasteiger partial charge in [-0.25, -0.2) is 0 Å². The molecule has 0 fully saturated rings. The maximum Gasteiger partial charge on any atom is 0.103 e. The Labute approximate surface area is 115 Å². The molecular formula is C12H17BrN4O. The van der Waals surface area contributed by atoms with Gasteiger partial charge in [-0.2, -0.15) is 10.2 Å². The predicted octanol–water partition coefficient (Wildman–Crippen LogP) is 1.75. The number of hydrogen-bond acceptors (Lipinski definition) is 3. The Morgan fingerprint density at radius 3 is 2.61 bits per heavy atom. The van der Waals surface area contributed by atoms with Gasteiger partial charge >= 0.3 is 0 Å². The fourth-order valence-corrected chi connectivity index (χ4v) is 2.72. The van der Waals surface area contributed by atoms with Gasteiger partial charge in [0.15, 0.2) is 0 Å². The summed E-state index contributed by atoms with van der Waals surface area (Å²) in [7, 11) is 3.73. The lowest BCUT2D eigenvalue weighted by atomic mass is 10.1. The molecule has 1 N–H and O–H groups in total. The number of hydrogen-bond donors (Lipinski definition) is 1. The normalized spacial score (nSPS) is 12.9. The van der Waals surface area contributed by atoms with Crippen molar-refractivity contribution in [3.63, 3.8) is 0 Å². The predicted molar refractivity (Wildman–Crippen MR) is 72.2 cm³/mol. The summed E-state index contributed by atoms with van der Waals surface area (Å²) in [5, 5.41) is 18.8. The van der Waals surface area contributed by atoms with Crippen LogP contribution in [0.3, 0.4) is 0 Å². The molecule has 18 heavy (non-hydrogen) atoms. The summed E-state index contributed by atoms with van der Waals surface area (Å²) in [4.78, 5) is 0. The van der Waals surface area contributed by atoms with Gasteiger partial charge in [-0.1, -0.05) is 6.92 Å². The zero-order valence-electron chi connectivity index (χ0n) is 10.8. The number of aliphatic hydroxyl groups excluding tert-OH is 1. The summed E-state index contributed by atoms with van der Waals surface area (Å²) in [5.74, 6) is 0. The summed E-state index contributed by atoms with van der Waals surface area (Å²) in [6.07, 6.45) is 2.59. The van der Waals surface area contributed by atoms with Crippen LogP contribution in [0.1, 0.15) is 30.1 Å². The number of nitrogens with zero attached hydrogens (tertiary/aromatic N) is 4. The number of aryl methyl sites for hydroxylation is 3. The van der Waals surface area contributed by atoms with Crippen molar-refractivity contribution in [1.29, 1.82) is 0 Å². The molecule has 0 aliphatic rings. The lowest BCUT2D eigenvalue weighted by Gasteiger charge is -2.08. The monoisotopic (exact) mass is 312 g/mol. The Kier molecular flexibility index (Phi) is 3.87. The Hall–Kier alpha value is -1.14. The molecule has 1 atom stereocenters. The highest BCUT2D eigenvalue weighted by Gasteiger charge is 2.18. The summed E-state index contributed by atoms with van der Waals surface area (Å²) < 4.78 is 4.49. The molecule has 0 saturated heterocycles.